The van der Waals surface area contributed by atoms with Crippen LogP contribution in [-0.2, 0) is 16.1 Å². The molecule has 3 N–H and O–H groups in total. The standard InChI is InChI=1S/C9H15N3O2S/c1-7-6-15-9(12-7)4-11-8(13)5-14-3-2-10/h6H,2-5,10H2,1H3,(H,11,13). The van der Waals surface area contributed by atoms with Crippen molar-refractivity contribution in [2.24, 2.45) is 5.73 Å². The highest BCUT2D eigenvalue weighted by Gasteiger charge is 2.03. The number of nitrogens with one attached hydrogen (secondary N) is 1. The lowest BCUT2D eigenvalue weighted by molar-refractivity contribution is -0.125. The van der Waals surface area contributed by atoms with Crippen LogP contribution in [0.4, 0.5) is 0 Å². The molecule has 1 aromatic rings. The highest BCUT2D eigenvalue weighted by atomic mass is 32.1. The van der Waals surface area contributed by atoms with E-state index < -0.39 is 0 Å². The fourth-order valence-electron chi connectivity index (χ4n) is 0.957. The number of rotatable bonds is 6. The molecule has 0 atom stereocenters. The van der Waals surface area contributed by atoms with Crippen LogP contribution in [0.2, 0.25) is 0 Å². The average Bonchev–Trinajstić information content (AvgIpc) is 2.62. The van der Waals surface area contributed by atoms with Crippen molar-refractivity contribution in [3.63, 3.8) is 0 Å². The van der Waals surface area contributed by atoms with E-state index in [1.165, 1.54) is 11.3 Å². The summed E-state index contributed by atoms with van der Waals surface area (Å²) in [7, 11) is 0. The Kier molecular flexibility index (Phi) is 5.23. The number of hydrogen-bond acceptors (Lipinski definition) is 5. The topological polar surface area (TPSA) is 77.2 Å². The summed E-state index contributed by atoms with van der Waals surface area (Å²) in [4.78, 5) is 15.4. The van der Waals surface area contributed by atoms with Gasteiger partial charge in [0.25, 0.3) is 0 Å². The Morgan fingerprint density at radius 1 is 1.73 bits per heavy atom. The molecule has 0 radical (unpaired) electrons. The van der Waals surface area contributed by atoms with Crippen LogP contribution in [0.3, 0.4) is 0 Å². The first kappa shape index (κ1) is 12.1. The lowest BCUT2D eigenvalue weighted by atomic mass is 10.5. The second kappa shape index (κ2) is 6.49. The molecular weight excluding hydrogens is 214 g/mol. The van der Waals surface area contributed by atoms with Crippen LogP contribution < -0.4 is 11.1 Å². The van der Waals surface area contributed by atoms with Crippen molar-refractivity contribution in [1.29, 1.82) is 0 Å². The summed E-state index contributed by atoms with van der Waals surface area (Å²) in [6.07, 6.45) is 0. The Bertz CT molecular complexity index is 314. The van der Waals surface area contributed by atoms with Crippen molar-refractivity contribution in [3.8, 4) is 0 Å². The normalized spacial score (nSPS) is 10.3. The molecule has 0 saturated heterocycles. The molecule has 0 spiro atoms. The quantitative estimate of drug-likeness (QED) is 0.675. The van der Waals surface area contributed by atoms with Gasteiger partial charge in [0.15, 0.2) is 0 Å². The molecular formula is C9H15N3O2S. The maximum absolute atomic E-state index is 11.2. The van der Waals surface area contributed by atoms with Gasteiger partial charge in [-0.25, -0.2) is 4.98 Å². The highest BCUT2D eigenvalue weighted by Crippen LogP contribution is 2.07. The number of aromatic nitrogens is 1. The van der Waals surface area contributed by atoms with Crippen LogP contribution in [0.1, 0.15) is 10.7 Å². The number of carbonyl (C=O) groups excluding carboxylic acids is 1. The first-order chi connectivity index (χ1) is 7.22. The molecule has 1 heterocycles. The van der Waals surface area contributed by atoms with Gasteiger partial charge >= 0.3 is 0 Å². The van der Waals surface area contributed by atoms with E-state index in [2.05, 4.69) is 10.3 Å². The van der Waals surface area contributed by atoms with Crippen LogP contribution in [0.25, 0.3) is 0 Å². The third kappa shape index (κ3) is 4.87. The van der Waals surface area contributed by atoms with Crippen LogP contribution in [0, 0.1) is 6.92 Å². The molecule has 5 nitrogen and oxygen atoms in total. The first-order valence-corrected chi connectivity index (χ1v) is 5.56. The molecule has 0 aliphatic heterocycles. The summed E-state index contributed by atoms with van der Waals surface area (Å²) in [5.74, 6) is -0.142. The van der Waals surface area contributed by atoms with Gasteiger partial charge in [0, 0.05) is 17.6 Å². The fraction of sp³-hybridized carbons (Fsp3) is 0.556. The molecule has 6 heteroatoms. The van der Waals surface area contributed by atoms with Gasteiger partial charge < -0.3 is 15.8 Å². The zero-order chi connectivity index (χ0) is 11.1. The van der Waals surface area contributed by atoms with Gasteiger partial charge in [-0.1, -0.05) is 0 Å². The van der Waals surface area contributed by atoms with E-state index in [-0.39, 0.29) is 12.5 Å². The van der Waals surface area contributed by atoms with Crippen molar-refractivity contribution in [2.45, 2.75) is 13.5 Å². The van der Waals surface area contributed by atoms with Crippen molar-refractivity contribution in [1.82, 2.24) is 10.3 Å². The van der Waals surface area contributed by atoms with Crippen molar-refractivity contribution < 1.29 is 9.53 Å². The van der Waals surface area contributed by atoms with E-state index in [0.29, 0.717) is 19.7 Å². The summed E-state index contributed by atoms with van der Waals surface area (Å²) in [6.45, 7) is 3.28. The number of carbonyl (C=O) groups is 1. The molecule has 0 bridgehead atoms. The number of ether oxygens (including phenoxy) is 1. The van der Waals surface area contributed by atoms with Crippen molar-refractivity contribution in [2.75, 3.05) is 19.8 Å². The molecule has 0 fully saturated rings. The zero-order valence-corrected chi connectivity index (χ0v) is 9.47. The van der Waals surface area contributed by atoms with Crippen LogP contribution in [-0.4, -0.2) is 30.6 Å². The SMILES string of the molecule is Cc1csc(CNC(=O)COCCN)n1. The third-order valence-electron chi connectivity index (χ3n) is 1.60. The van der Waals surface area contributed by atoms with Crippen LogP contribution in [0.5, 0.6) is 0 Å². The molecule has 1 aromatic heterocycles. The largest absolute Gasteiger partial charge is 0.370 e. The first-order valence-electron chi connectivity index (χ1n) is 4.68. The third-order valence-corrected chi connectivity index (χ3v) is 2.57. The highest BCUT2D eigenvalue weighted by molar-refractivity contribution is 7.09. The number of amides is 1. The Morgan fingerprint density at radius 2 is 2.53 bits per heavy atom. The van der Waals surface area contributed by atoms with E-state index in [4.69, 9.17) is 10.5 Å². The van der Waals surface area contributed by atoms with Gasteiger partial charge in [0.2, 0.25) is 5.91 Å². The van der Waals surface area contributed by atoms with E-state index >= 15 is 0 Å². The molecule has 1 amide bonds. The Morgan fingerprint density at radius 3 is 3.13 bits per heavy atom. The Labute approximate surface area is 92.6 Å². The minimum absolute atomic E-state index is 0.0571. The molecule has 84 valence electrons. The Hall–Kier alpha value is -0.980. The van der Waals surface area contributed by atoms with Crippen LogP contribution >= 0.6 is 11.3 Å². The van der Waals surface area contributed by atoms with Gasteiger partial charge in [0.1, 0.15) is 11.6 Å². The van der Waals surface area contributed by atoms with Gasteiger partial charge in [-0.05, 0) is 6.92 Å². The van der Waals surface area contributed by atoms with Crippen molar-refractivity contribution in [3.05, 3.63) is 16.1 Å². The summed E-state index contributed by atoms with van der Waals surface area (Å²) in [5, 5.41) is 5.57. The summed E-state index contributed by atoms with van der Waals surface area (Å²) in [5.41, 5.74) is 6.19. The van der Waals surface area contributed by atoms with E-state index in [1.807, 2.05) is 12.3 Å². The van der Waals surface area contributed by atoms with Crippen LogP contribution in [0.15, 0.2) is 5.38 Å². The van der Waals surface area contributed by atoms with Gasteiger partial charge in [-0.2, -0.15) is 0 Å². The minimum atomic E-state index is -0.142. The molecule has 1 rings (SSSR count). The predicted octanol–water partition coefficient (Wildman–Crippen LogP) is 0.0430. The lowest BCUT2D eigenvalue weighted by Crippen LogP contribution is -2.28. The maximum atomic E-state index is 11.2. The second-order valence-corrected chi connectivity index (χ2v) is 3.94. The van der Waals surface area contributed by atoms with Gasteiger partial charge in [0.05, 0.1) is 13.2 Å². The zero-order valence-electron chi connectivity index (χ0n) is 8.66. The van der Waals surface area contributed by atoms with E-state index in [0.717, 1.165) is 10.7 Å². The molecule has 0 aliphatic carbocycles. The molecule has 0 aliphatic rings. The number of aryl methyl sites for hydroxylation is 1. The van der Waals surface area contributed by atoms with E-state index in [1.54, 1.807) is 0 Å². The second-order valence-electron chi connectivity index (χ2n) is 3.00. The lowest BCUT2D eigenvalue weighted by Gasteiger charge is -2.03. The number of hydrogen-bond donors (Lipinski definition) is 2. The Balaban J connectivity index is 2.16. The summed E-state index contributed by atoms with van der Waals surface area (Å²) >= 11 is 1.53. The number of thiazole rings is 1. The minimum Gasteiger partial charge on any atom is -0.370 e. The van der Waals surface area contributed by atoms with E-state index in [9.17, 15) is 4.79 Å². The van der Waals surface area contributed by atoms with Crippen molar-refractivity contribution >= 4 is 17.2 Å². The summed E-state index contributed by atoms with van der Waals surface area (Å²) in [6, 6.07) is 0. The number of nitrogens with two attached hydrogens (primary N) is 1. The molecule has 0 saturated carbocycles. The number of nitrogens with zero attached hydrogens (tertiary/aromatic N) is 1. The smallest absolute Gasteiger partial charge is 0.246 e. The summed E-state index contributed by atoms with van der Waals surface area (Å²) < 4.78 is 4.98. The average molecular weight is 229 g/mol. The fourth-order valence-corrected chi connectivity index (χ4v) is 1.67. The molecule has 0 unspecified atom stereocenters. The monoisotopic (exact) mass is 229 g/mol. The maximum Gasteiger partial charge on any atom is 0.246 e. The van der Waals surface area contributed by atoms with Gasteiger partial charge in [-0.15, -0.1) is 11.3 Å². The van der Waals surface area contributed by atoms with Gasteiger partial charge in [-0.3, -0.25) is 4.79 Å². The molecule has 15 heavy (non-hydrogen) atoms. The predicted molar refractivity (Wildman–Crippen MR) is 58.6 cm³/mol. The molecule has 0 aromatic carbocycles.